The molecule has 2 aliphatic carbocycles. The molecule has 0 heterocycles. The molecule has 0 saturated heterocycles. The second-order valence-corrected chi connectivity index (χ2v) is 13.7. The van der Waals surface area contributed by atoms with E-state index in [1.807, 2.05) is 0 Å². The number of hydrazone groups is 2. The van der Waals surface area contributed by atoms with Crippen molar-refractivity contribution in [1.82, 2.24) is 0 Å². The molecule has 0 radical (unpaired) electrons. The summed E-state index contributed by atoms with van der Waals surface area (Å²) in [6.45, 7) is 0. The maximum absolute atomic E-state index is 12.7. The molecule has 0 spiro atoms. The number of methoxy groups -OCH3 is 2. The van der Waals surface area contributed by atoms with Crippen molar-refractivity contribution >= 4 is 78.9 Å². The molecule has 0 aromatic heterocycles. The Balaban J connectivity index is 1.24. The van der Waals surface area contributed by atoms with Gasteiger partial charge in [0.15, 0.2) is 0 Å². The maximum atomic E-state index is 12.7. The standard InChI is InChI=1S/C34H26N4O10S2/c1-47-33-17-21(5-9-27(33)35-37-29-13-23-11-25(49(41,42)43)7-3-19(23)15-31(29)39)22-6-10-28(34(18-22)48-2)36-38-30-14-24-12-26(50(44,45)46)8-4-20(24)16-32(30)40/h3-18,35-36H,1-2H3,(H,41,42,43)(H,44,45,46)/b37-29-,38-30+. The zero-order chi connectivity index (χ0) is 35.8. The van der Waals surface area contributed by atoms with Gasteiger partial charge >= 0.3 is 0 Å². The number of hydrogen-bond acceptors (Lipinski definition) is 12. The first-order valence-corrected chi connectivity index (χ1v) is 17.4. The highest BCUT2D eigenvalue weighted by Crippen LogP contribution is 2.35. The highest BCUT2D eigenvalue weighted by atomic mass is 32.2. The van der Waals surface area contributed by atoms with Crippen LogP contribution in [-0.4, -0.2) is 63.2 Å². The summed E-state index contributed by atoms with van der Waals surface area (Å²) < 4.78 is 76.1. The Hall–Kier alpha value is -5.94. The Labute approximate surface area is 284 Å². The van der Waals surface area contributed by atoms with Crippen LogP contribution in [0.15, 0.2) is 92.8 Å². The summed E-state index contributed by atoms with van der Waals surface area (Å²) in [4.78, 5) is 24.7. The van der Waals surface area contributed by atoms with Crippen LogP contribution in [0.4, 0.5) is 11.4 Å². The van der Waals surface area contributed by atoms with Gasteiger partial charge in [-0.05, 0) is 105 Å². The van der Waals surface area contributed by atoms with E-state index in [9.17, 15) is 35.5 Å². The van der Waals surface area contributed by atoms with Gasteiger partial charge in [0, 0.05) is 0 Å². The molecule has 0 amide bonds. The minimum absolute atomic E-state index is 0.00463. The van der Waals surface area contributed by atoms with Crippen molar-refractivity contribution in [2.75, 3.05) is 25.1 Å². The summed E-state index contributed by atoms with van der Waals surface area (Å²) in [7, 11) is -5.94. The normalized spacial score (nSPS) is 15.5. The Kier molecular flexibility index (Phi) is 8.94. The lowest BCUT2D eigenvalue weighted by Gasteiger charge is -2.14. The minimum atomic E-state index is -4.43. The van der Waals surface area contributed by atoms with E-state index in [0.29, 0.717) is 43.7 Å². The van der Waals surface area contributed by atoms with E-state index >= 15 is 0 Å². The lowest BCUT2D eigenvalue weighted by Crippen LogP contribution is -2.34. The van der Waals surface area contributed by atoms with E-state index in [2.05, 4.69) is 21.1 Å². The van der Waals surface area contributed by atoms with Crippen molar-refractivity contribution in [3.63, 3.8) is 0 Å². The number of ketones is 2. The van der Waals surface area contributed by atoms with Gasteiger partial charge in [0.25, 0.3) is 20.2 Å². The van der Waals surface area contributed by atoms with Crippen LogP contribution in [0.2, 0.25) is 0 Å². The predicted molar refractivity (Wildman–Crippen MR) is 186 cm³/mol. The number of carbonyl (C=O) groups is 2. The van der Waals surface area contributed by atoms with E-state index in [1.54, 1.807) is 36.4 Å². The van der Waals surface area contributed by atoms with Crippen LogP contribution in [0.25, 0.3) is 35.4 Å². The van der Waals surface area contributed by atoms with Gasteiger partial charge in [-0.3, -0.25) is 29.5 Å². The second-order valence-electron chi connectivity index (χ2n) is 10.9. The Morgan fingerprint density at radius 3 is 1.30 bits per heavy atom. The third kappa shape index (κ3) is 7.08. The average Bonchev–Trinajstić information content (AvgIpc) is 3.08. The molecule has 0 fully saturated rings. The molecule has 0 saturated carbocycles. The van der Waals surface area contributed by atoms with Gasteiger partial charge in [-0.15, -0.1) is 0 Å². The van der Waals surface area contributed by atoms with E-state index in [0.717, 1.165) is 11.1 Å². The van der Waals surface area contributed by atoms with Crippen molar-refractivity contribution in [2.45, 2.75) is 9.79 Å². The van der Waals surface area contributed by atoms with Crippen molar-refractivity contribution in [1.29, 1.82) is 0 Å². The zero-order valence-corrected chi connectivity index (χ0v) is 27.7. The summed E-state index contributed by atoms with van der Waals surface area (Å²) in [5.41, 5.74) is 7.96. The molecule has 4 N–H and O–H groups in total. The summed E-state index contributed by atoms with van der Waals surface area (Å²) >= 11 is 0. The van der Waals surface area contributed by atoms with Gasteiger partial charge in [-0.25, -0.2) is 0 Å². The highest BCUT2D eigenvalue weighted by Gasteiger charge is 2.17. The molecule has 4 aromatic rings. The van der Waals surface area contributed by atoms with Crippen molar-refractivity contribution in [2.24, 2.45) is 10.2 Å². The summed E-state index contributed by atoms with van der Waals surface area (Å²) in [6, 6.07) is 18.2. The van der Waals surface area contributed by atoms with E-state index in [4.69, 9.17) is 9.47 Å². The van der Waals surface area contributed by atoms with Crippen molar-refractivity contribution in [3.05, 3.63) is 93.7 Å². The first-order valence-electron chi connectivity index (χ1n) is 14.5. The van der Waals surface area contributed by atoms with Crippen LogP contribution in [0, 0.1) is 0 Å². The average molecular weight is 715 g/mol. The summed E-state index contributed by atoms with van der Waals surface area (Å²) in [5, 5.41) is 10.1. The SMILES string of the molecule is COc1cc(-c2ccc(N/N=C3\C=c4cc(S(=O)(=O)O)ccc4=CC3=O)c(OC)c2)ccc1N/N=C1/C=c2cc(S(=O)(=O)O)ccc2=CC1=O. The van der Waals surface area contributed by atoms with E-state index in [-0.39, 0.29) is 21.2 Å². The molecular formula is C34H26N4O10S2. The minimum Gasteiger partial charge on any atom is -0.494 e. The van der Waals surface area contributed by atoms with Gasteiger partial charge < -0.3 is 9.47 Å². The molecule has 0 bridgehead atoms. The molecule has 14 nitrogen and oxygen atoms in total. The molecular weight excluding hydrogens is 689 g/mol. The molecule has 4 aromatic carbocycles. The van der Waals surface area contributed by atoms with Crippen LogP contribution in [0.3, 0.4) is 0 Å². The molecule has 2 aliphatic rings. The van der Waals surface area contributed by atoms with Gasteiger partial charge in [-0.1, -0.05) is 24.3 Å². The highest BCUT2D eigenvalue weighted by molar-refractivity contribution is 7.86. The quantitative estimate of drug-likeness (QED) is 0.142. The number of nitrogens with zero attached hydrogens (tertiary/aromatic N) is 2. The maximum Gasteiger partial charge on any atom is 0.294 e. The number of anilines is 2. The Bertz CT molecular complexity index is 2490. The van der Waals surface area contributed by atoms with Crippen molar-refractivity contribution < 1.29 is 45.0 Å². The van der Waals surface area contributed by atoms with Gasteiger partial charge in [0.2, 0.25) is 11.6 Å². The fourth-order valence-electron chi connectivity index (χ4n) is 5.15. The molecule has 254 valence electrons. The molecule has 6 rings (SSSR count). The zero-order valence-electron chi connectivity index (χ0n) is 26.1. The van der Waals surface area contributed by atoms with E-state index in [1.165, 1.54) is 74.9 Å². The van der Waals surface area contributed by atoms with Crippen LogP contribution in [0.1, 0.15) is 0 Å². The molecule has 0 unspecified atom stereocenters. The second kappa shape index (κ2) is 13.2. The number of benzene rings is 4. The van der Waals surface area contributed by atoms with Crippen LogP contribution < -0.4 is 41.2 Å². The van der Waals surface area contributed by atoms with Crippen LogP contribution in [-0.2, 0) is 29.8 Å². The first-order chi connectivity index (χ1) is 23.7. The monoisotopic (exact) mass is 714 g/mol. The van der Waals surface area contributed by atoms with Gasteiger partial charge in [-0.2, -0.15) is 27.0 Å². The Morgan fingerprint density at radius 1 is 0.540 bits per heavy atom. The van der Waals surface area contributed by atoms with Crippen LogP contribution >= 0.6 is 0 Å². The Morgan fingerprint density at radius 2 is 0.940 bits per heavy atom. The lowest BCUT2D eigenvalue weighted by atomic mass is 10.0. The lowest BCUT2D eigenvalue weighted by molar-refractivity contribution is -0.108. The smallest absolute Gasteiger partial charge is 0.294 e. The van der Waals surface area contributed by atoms with Gasteiger partial charge in [0.1, 0.15) is 22.9 Å². The third-order valence-corrected chi connectivity index (χ3v) is 9.40. The fourth-order valence-corrected chi connectivity index (χ4v) is 6.18. The summed E-state index contributed by atoms with van der Waals surface area (Å²) in [5.74, 6) is -0.0429. The topological polar surface area (TPSA) is 210 Å². The predicted octanol–water partition coefficient (Wildman–Crippen LogP) is 1.09. The van der Waals surface area contributed by atoms with Gasteiger partial charge in [0.05, 0.1) is 35.4 Å². The first kappa shape index (κ1) is 33.9. The largest absolute Gasteiger partial charge is 0.494 e. The number of fused-ring (bicyclic) bond motifs is 2. The number of hydrogen-bond donors (Lipinski definition) is 4. The van der Waals surface area contributed by atoms with E-state index < -0.39 is 31.8 Å². The number of ether oxygens (including phenoxy) is 2. The fraction of sp³-hybridized carbons (Fsp3) is 0.0588. The molecule has 50 heavy (non-hydrogen) atoms. The number of nitrogens with one attached hydrogen (secondary N) is 2. The summed E-state index contributed by atoms with van der Waals surface area (Å²) in [6.07, 6.45) is 5.44. The van der Waals surface area contributed by atoms with Crippen LogP contribution in [0.5, 0.6) is 11.5 Å². The number of Topliss-reactive ketones (excluding diaryl/α,β-unsaturated/α-hetero) is 2. The molecule has 16 heteroatoms. The number of rotatable bonds is 9. The number of carbonyl (C=O) groups excluding carboxylic acids is 2. The third-order valence-electron chi connectivity index (χ3n) is 7.70. The molecule has 0 aliphatic heterocycles. The molecule has 0 atom stereocenters. The van der Waals surface area contributed by atoms with Crippen molar-refractivity contribution in [3.8, 4) is 22.6 Å².